The van der Waals surface area contributed by atoms with Crippen LogP contribution in [0.1, 0.15) is 12.0 Å². The number of carbonyl (C=O) groups is 2. The van der Waals surface area contributed by atoms with Crippen LogP contribution in [0.5, 0.6) is 0 Å². The van der Waals surface area contributed by atoms with Gasteiger partial charge in [0.2, 0.25) is 15.9 Å². The van der Waals surface area contributed by atoms with Crippen molar-refractivity contribution in [3.05, 3.63) is 65.7 Å². The molecule has 8 nitrogen and oxygen atoms in total. The van der Waals surface area contributed by atoms with E-state index in [9.17, 15) is 37.0 Å². The molecule has 3 rings (SSSR count). The minimum Gasteiger partial charge on any atom is -0.480 e. The Hall–Kier alpha value is -2.89. The molecule has 1 aliphatic rings. The number of sulfonamides is 1. The number of benzene rings is 2. The number of hydrogen-bond donors (Lipinski definition) is 3. The van der Waals surface area contributed by atoms with Crippen molar-refractivity contribution in [2.24, 2.45) is 0 Å². The van der Waals surface area contributed by atoms with Crippen LogP contribution in [0, 0.1) is 11.6 Å². The molecule has 0 aromatic heterocycles. The van der Waals surface area contributed by atoms with E-state index in [1.807, 2.05) is 0 Å². The molecule has 0 radical (unpaired) electrons. The van der Waals surface area contributed by atoms with Crippen LogP contribution in [-0.4, -0.2) is 59.5 Å². The molecule has 3 atom stereocenters. The first-order chi connectivity index (χ1) is 14.6. The topological polar surface area (TPSA) is 124 Å². The van der Waals surface area contributed by atoms with E-state index in [0.717, 1.165) is 34.6 Å². The molecule has 1 heterocycles. The summed E-state index contributed by atoms with van der Waals surface area (Å²) in [6.07, 6.45) is -1.56. The largest absolute Gasteiger partial charge is 0.480 e. The molecule has 3 N–H and O–H groups in total. The number of carboxylic acids is 1. The smallest absolute Gasteiger partial charge is 0.326 e. The number of halogens is 2. The Labute approximate surface area is 177 Å². The monoisotopic (exact) mass is 454 g/mol. The molecule has 0 aliphatic carbocycles. The summed E-state index contributed by atoms with van der Waals surface area (Å²) in [4.78, 5) is 24.0. The van der Waals surface area contributed by atoms with Crippen molar-refractivity contribution in [2.75, 3.05) is 6.54 Å². The number of aliphatic hydroxyl groups excluding tert-OH is 1. The zero-order valence-corrected chi connectivity index (χ0v) is 16.9. The second-order valence-corrected chi connectivity index (χ2v) is 9.06. The van der Waals surface area contributed by atoms with Crippen LogP contribution >= 0.6 is 0 Å². The third kappa shape index (κ3) is 5.24. The molecule has 0 bridgehead atoms. The maximum atomic E-state index is 13.5. The minimum atomic E-state index is -4.32. The van der Waals surface area contributed by atoms with Gasteiger partial charge in [-0.15, -0.1) is 0 Å². The number of nitrogens with zero attached hydrogens (tertiary/aromatic N) is 1. The van der Waals surface area contributed by atoms with Crippen molar-refractivity contribution in [3.8, 4) is 0 Å². The van der Waals surface area contributed by atoms with Crippen LogP contribution in [0.4, 0.5) is 8.78 Å². The fraction of sp³-hybridized carbons (Fsp3) is 0.300. The first-order valence-electron chi connectivity index (χ1n) is 9.31. The zero-order chi connectivity index (χ0) is 22.8. The zero-order valence-electron chi connectivity index (χ0n) is 16.1. The highest BCUT2D eigenvalue weighted by atomic mass is 32.2. The van der Waals surface area contributed by atoms with Crippen LogP contribution < -0.4 is 5.32 Å². The van der Waals surface area contributed by atoms with Crippen molar-refractivity contribution in [2.45, 2.75) is 35.9 Å². The summed E-state index contributed by atoms with van der Waals surface area (Å²) in [5, 5.41) is 21.7. The second-order valence-electron chi connectivity index (χ2n) is 7.17. The van der Waals surface area contributed by atoms with Gasteiger partial charge in [0.1, 0.15) is 23.7 Å². The first-order valence-corrected chi connectivity index (χ1v) is 10.7. The summed E-state index contributed by atoms with van der Waals surface area (Å²) in [5.41, 5.74) is 0.449. The van der Waals surface area contributed by atoms with E-state index in [0.29, 0.717) is 5.56 Å². The Morgan fingerprint density at radius 3 is 2.42 bits per heavy atom. The molecule has 31 heavy (non-hydrogen) atoms. The van der Waals surface area contributed by atoms with Crippen molar-refractivity contribution >= 4 is 21.9 Å². The van der Waals surface area contributed by atoms with E-state index < -0.39 is 58.3 Å². The van der Waals surface area contributed by atoms with Crippen molar-refractivity contribution in [1.29, 1.82) is 0 Å². The SMILES string of the molecule is O=C(O)C(Cc1ccc(F)cc1)NC(=O)C1C[C@@H](O)CN1S(=O)(=O)c1cccc(F)c1. The molecule has 1 amide bonds. The molecule has 1 aliphatic heterocycles. The normalized spacial score (nSPS) is 20.4. The van der Waals surface area contributed by atoms with Gasteiger partial charge >= 0.3 is 5.97 Å². The molecule has 2 aromatic rings. The van der Waals surface area contributed by atoms with Gasteiger partial charge in [-0.2, -0.15) is 4.31 Å². The van der Waals surface area contributed by atoms with E-state index in [2.05, 4.69) is 5.32 Å². The highest BCUT2D eigenvalue weighted by Crippen LogP contribution is 2.27. The van der Waals surface area contributed by atoms with Gasteiger partial charge in [0, 0.05) is 19.4 Å². The number of carbonyl (C=O) groups excluding carboxylic acids is 1. The van der Waals surface area contributed by atoms with Gasteiger partial charge in [-0.05, 0) is 35.9 Å². The van der Waals surface area contributed by atoms with Gasteiger partial charge in [-0.25, -0.2) is 22.0 Å². The number of amides is 1. The third-order valence-corrected chi connectivity index (χ3v) is 6.78. The Bertz CT molecular complexity index is 1080. The number of carboxylic acid groups (broad SMARTS) is 1. The second kappa shape index (κ2) is 9.08. The molecule has 2 aromatic carbocycles. The predicted molar refractivity (Wildman–Crippen MR) is 104 cm³/mol. The summed E-state index contributed by atoms with van der Waals surface area (Å²) >= 11 is 0. The number of β-amino-alcohol motifs (C(OH)–C–C–N with tert-alkyl or cyclic N) is 1. The van der Waals surface area contributed by atoms with E-state index >= 15 is 0 Å². The molecule has 2 unspecified atom stereocenters. The molecule has 0 saturated carbocycles. The molecular formula is C20H20F2N2O6S. The molecule has 0 spiro atoms. The Morgan fingerprint density at radius 1 is 1.13 bits per heavy atom. The van der Waals surface area contributed by atoms with Crippen LogP contribution in [0.15, 0.2) is 53.4 Å². The van der Waals surface area contributed by atoms with Gasteiger partial charge in [-0.3, -0.25) is 4.79 Å². The van der Waals surface area contributed by atoms with Crippen molar-refractivity contribution in [1.82, 2.24) is 9.62 Å². The summed E-state index contributed by atoms with van der Waals surface area (Å²) < 4.78 is 53.1. The Kier molecular flexibility index (Phi) is 6.68. The Balaban J connectivity index is 1.81. The van der Waals surface area contributed by atoms with Crippen LogP contribution in [0.2, 0.25) is 0 Å². The van der Waals surface area contributed by atoms with E-state index in [1.54, 1.807) is 0 Å². The first kappa shape index (κ1) is 22.8. The Morgan fingerprint density at radius 2 is 1.81 bits per heavy atom. The lowest BCUT2D eigenvalue weighted by Gasteiger charge is -2.24. The van der Waals surface area contributed by atoms with Gasteiger partial charge < -0.3 is 15.5 Å². The highest BCUT2D eigenvalue weighted by molar-refractivity contribution is 7.89. The summed E-state index contributed by atoms with van der Waals surface area (Å²) in [5.74, 6) is -3.56. The molecule has 11 heteroatoms. The predicted octanol–water partition coefficient (Wildman–Crippen LogP) is 0.901. The summed E-state index contributed by atoms with van der Waals surface area (Å²) in [6, 6.07) is 6.48. The standard InChI is InChI=1S/C20H20F2N2O6S/c21-13-6-4-12(5-7-13)8-17(20(27)28)23-19(26)18-10-15(25)11-24(18)31(29,30)16-3-1-2-14(22)9-16/h1-7,9,15,17-18,25H,8,10-11H2,(H,23,26)(H,27,28)/t15-,17?,18?/m1/s1. The number of aliphatic carboxylic acids is 1. The number of nitrogens with one attached hydrogen (secondary N) is 1. The number of hydrogen-bond acceptors (Lipinski definition) is 5. The van der Waals surface area contributed by atoms with Crippen molar-refractivity contribution in [3.63, 3.8) is 0 Å². The quantitative estimate of drug-likeness (QED) is 0.571. The lowest BCUT2D eigenvalue weighted by Crippen LogP contribution is -2.51. The molecule has 1 saturated heterocycles. The van der Waals surface area contributed by atoms with Crippen LogP contribution in [-0.2, 0) is 26.0 Å². The van der Waals surface area contributed by atoms with E-state index in [1.165, 1.54) is 18.2 Å². The average Bonchev–Trinajstić information content (AvgIpc) is 3.11. The average molecular weight is 454 g/mol. The van der Waals surface area contributed by atoms with E-state index in [-0.39, 0.29) is 17.7 Å². The summed E-state index contributed by atoms with van der Waals surface area (Å²) in [6.45, 7) is -0.396. The number of rotatable bonds is 7. The van der Waals surface area contributed by atoms with Gasteiger partial charge in [0.15, 0.2) is 0 Å². The molecule has 1 fully saturated rings. The maximum absolute atomic E-state index is 13.5. The molecule has 166 valence electrons. The fourth-order valence-electron chi connectivity index (χ4n) is 3.38. The van der Waals surface area contributed by atoms with E-state index in [4.69, 9.17) is 0 Å². The third-order valence-electron chi connectivity index (χ3n) is 4.91. The van der Waals surface area contributed by atoms with Gasteiger partial charge in [-0.1, -0.05) is 18.2 Å². The van der Waals surface area contributed by atoms with Gasteiger partial charge in [0.05, 0.1) is 11.0 Å². The lowest BCUT2D eigenvalue weighted by atomic mass is 10.1. The minimum absolute atomic E-state index is 0.159. The fourth-order valence-corrected chi connectivity index (χ4v) is 5.04. The van der Waals surface area contributed by atoms with Gasteiger partial charge in [0.25, 0.3) is 0 Å². The number of aliphatic hydroxyl groups is 1. The van der Waals surface area contributed by atoms with Crippen molar-refractivity contribution < 1.29 is 37.0 Å². The highest BCUT2D eigenvalue weighted by Gasteiger charge is 2.44. The maximum Gasteiger partial charge on any atom is 0.326 e. The van der Waals surface area contributed by atoms with Crippen LogP contribution in [0.3, 0.4) is 0 Å². The molecular weight excluding hydrogens is 434 g/mol. The lowest BCUT2D eigenvalue weighted by molar-refractivity contribution is -0.142. The van der Waals surface area contributed by atoms with Crippen LogP contribution in [0.25, 0.3) is 0 Å². The summed E-state index contributed by atoms with van der Waals surface area (Å²) in [7, 11) is -4.32.